The molecule has 3 aromatic rings. The zero-order valence-electron chi connectivity index (χ0n) is 18.6. The van der Waals surface area contributed by atoms with Gasteiger partial charge in [0.05, 0.1) is 11.3 Å². The van der Waals surface area contributed by atoms with Crippen molar-refractivity contribution < 1.29 is 36.2 Å². The molecule has 6 nitrogen and oxygen atoms in total. The first-order valence-electron chi connectivity index (χ1n) is 10.3. The van der Waals surface area contributed by atoms with Gasteiger partial charge in [0.15, 0.2) is 34.8 Å². The van der Waals surface area contributed by atoms with Crippen molar-refractivity contribution in [2.75, 3.05) is 11.8 Å². The molecule has 0 atom stereocenters. The molecule has 2 aromatic carbocycles. The van der Waals surface area contributed by atoms with E-state index < -0.39 is 40.7 Å². The number of hydrogen-bond acceptors (Lipinski definition) is 4. The Morgan fingerprint density at radius 3 is 2.20 bits per heavy atom. The van der Waals surface area contributed by atoms with Gasteiger partial charge in [0.25, 0.3) is 5.91 Å². The van der Waals surface area contributed by atoms with E-state index in [1.54, 1.807) is 25.1 Å². The van der Waals surface area contributed by atoms with Crippen LogP contribution in [0.2, 0.25) is 0 Å². The van der Waals surface area contributed by atoms with Gasteiger partial charge in [0.2, 0.25) is 12.6 Å². The summed E-state index contributed by atoms with van der Waals surface area (Å²) in [6.45, 7) is 5.17. The average Bonchev–Trinajstić information content (AvgIpc) is 3.48. The SMILES string of the molecule is CC1=NN(c2c(F)c(F)c(F)c(F)c2F)C(=O)/C1=C/c1cc(C)n(-c2ccc3c(c2)OCO3)c1C. The first-order valence-corrected chi connectivity index (χ1v) is 10.3. The van der Waals surface area contributed by atoms with E-state index in [2.05, 4.69) is 5.10 Å². The molecule has 0 radical (unpaired) electrons. The molecule has 2 aliphatic heterocycles. The average molecular weight is 489 g/mol. The summed E-state index contributed by atoms with van der Waals surface area (Å²) in [7, 11) is 0. The van der Waals surface area contributed by atoms with Crippen LogP contribution in [-0.2, 0) is 4.79 Å². The van der Waals surface area contributed by atoms with Gasteiger partial charge in [-0.2, -0.15) is 10.1 Å². The first kappa shape index (κ1) is 22.6. The number of aryl methyl sites for hydroxylation is 1. The van der Waals surface area contributed by atoms with Crippen LogP contribution < -0.4 is 14.5 Å². The van der Waals surface area contributed by atoms with Crippen LogP contribution in [0.4, 0.5) is 27.6 Å². The molecule has 0 saturated carbocycles. The lowest BCUT2D eigenvalue weighted by Crippen LogP contribution is -2.25. The molecule has 1 aromatic heterocycles. The topological polar surface area (TPSA) is 56.1 Å². The summed E-state index contributed by atoms with van der Waals surface area (Å²) in [6.07, 6.45) is 1.46. The summed E-state index contributed by atoms with van der Waals surface area (Å²) in [5, 5.41) is 3.96. The molecule has 0 aliphatic carbocycles. The van der Waals surface area contributed by atoms with Gasteiger partial charge < -0.3 is 14.0 Å². The van der Waals surface area contributed by atoms with Gasteiger partial charge in [-0.1, -0.05) is 0 Å². The van der Waals surface area contributed by atoms with Gasteiger partial charge in [-0.25, -0.2) is 22.0 Å². The number of fused-ring (bicyclic) bond motifs is 1. The predicted octanol–water partition coefficient (Wildman–Crippen LogP) is 5.32. The van der Waals surface area contributed by atoms with Crippen molar-refractivity contribution in [2.45, 2.75) is 20.8 Å². The molecule has 11 heteroatoms. The maximum atomic E-state index is 14.3. The molecule has 0 saturated heterocycles. The predicted molar refractivity (Wildman–Crippen MR) is 116 cm³/mol. The van der Waals surface area contributed by atoms with Crippen molar-refractivity contribution in [1.82, 2.24) is 4.57 Å². The number of hydrazone groups is 1. The standard InChI is InChI=1S/C24H16F5N3O3/c1-10-6-13(12(3)31(10)14-4-5-16-17(8-14)35-9-34-16)7-15-11(2)30-32(24(15)33)23-21(28)19(26)18(25)20(27)22(23)29/h4-8H,9H2,1-3H3/b15-7+. The second kappa shape index (κ2) is 7.97. The number of nitrogens with zero attached hydrogens (tertiary/aromatic N) is 3. The van der Waals surface area contributed by atoms with Crippen molar-refractivity contribution in [3.63, 3.8) is 0 Å². The molecule has 0 N–H and O–H groups in total. The van der Waals surface area contributed by atoms with Crippen LogP contribution >= 0.6 is 0 Å². The minimum atomic E-state index is -2.32. The summed E-state index contributed by atoms with van der Waals surface area (Å²) >= 11 is 0. The molecular formula is C24H16F5N3O3. The van der Waals surface area contributed by atoms with E-state index in [-0.39, 0.29) is 23.1 Å². The highest BCUT2D eigenvalue weighted by molar-refractivity contribution is 6.32. The van der Waals surface area contributed by atoms with E-state index in [9.17, 15) is 26.7 Å². The number of carbonyl (C=O) groups excluding carboxylic acids is 1. The van der Waals surface area contributed by atoms with Gasteiger partial charge in [-0.3, -0.25) is 4.79 Å². The number of amides is 1. The monoisotopic (exact) mass is 489 g/mol. The Bertz CT molecular complexity index is 1460. The van der Waals surface area contributed by atoms with Crippen molar-refractivity contribution in [3.05, 3.63) is 75.9 Å². The number of halogens is 5. The van der Waals surface area contributed by atoms with Crippen molar-refractivity contribution >= 4 is 23.4 Å². The lowest BCUT2D eigenvalue weighted by Gasteiger charge is -2.15. The normalized spacial score (nSPS) is 16.0. The lowest BCUT2D eigenvalue weighted by atomic mass is 10.1. The van der Waals surface area contributed by atoms with Crippen LogP contribution in [0.25, 0.3) is 11.8 Å². The minimum Gasteiger partial charge on any atom is -0.454 e. The van der Waals surface area contributed by atoms with Crippen LogP contribution in [0.5, 0.6) is 11.5 Å². The Kier molecular flexibility index (Phi) is 5.15. The minimum absolute atomic E-state index is 0.0480. The van der Waals surface area contributed by atoms with E-state index in [4.69, 9.17) is 9.47 Å². The summed E-state index contributed by atoms with van der Waals surface area (Å²) in [5.74, 6) is -10.8. The Morgan fingerprint density at radius 1 is 0.886 bits per heavy atom. The van der Waals surface area contributed by atoms with E-state index >= 15 is 0 Å². The molecule has 3 heterocycles. The quantitative estimate of drug-likeness (QED) is 0.217. The molecule has 0 fully saturated rings. The molecule has 1 amide bonds. The molecule has 5 rings (SSSR count). The number of ether oxygens (including phenoxy) is 2. The second-order valence-corrected chi connectivity index (χ2v) is 7.98. The van der Waals surface area contributed by atoms with Crippen molar-refractivity contribution in [3.8, 4) is 17.2 Å². The largest absolute Gasteiger partial charge is 0.454 e. The maximum Gasteiger partial charge on any atom is 0.280 e. The fourth-order valence-electron chi connectivity index (χ4n) is 4.13. The molecule has 35 heavy (non-hydrogen) atoms. The number of rotatable bonds is 3. The lowest BCUT2D eigenvalue weighted by molar-refractivity contribution is -0.114. The zero-order chi connectivity index (χ0) is 25.2. The van der Waals surface area contributed by atoms with E-state index in [0.29, 0.717) is 17.1 Å². The van der Waals surface area contributed by atoms with Gasteiger partial charge >= 0.3 is 0 Å². The van der Waals surface area contributed by atoms with Gasteiger partial charge in [0.1, 0.15) is 5.69 Å². The zero-order valence-corrected chi connectivity index (χ0v) is 18.6. The van der Waals surface area contributed by atoms with Crippen molar-refractivity contribution in [2.24, 2.45) is 5.10 Å². The summed E-state index contributed by atoms with van der Waals surface area (Å²) < 4.78 is 82.0. The highest BCUT2D eigenvalue weighted by Crippen LogP contribution is 2.36. The summed E-state index contributed by atoms with van der Waals surface area (Å²) in [4.78, 5) is 13.0. The molecule has 0 unspecified atom stereocenters. The van der Waals surface area contributed by atoms with E-state index in [1.165, 1.54) is 13.0 Å². The number of aromatic nitrogens is 1. The highest BCUT2D eigenvalue weighted by atomic mass is 19.2. The Balaban J connectivity index is 1.55. The van der Waals surface area contributed by atoms with Crippen molar-refractivity contribution in [1.29, 1.82) is 0 Å². The Hall–Kier alpha value is -4.15. The highest BCUT2D eigenvalue weighted by Gasteiger charge is 2.37. The number of carbonyl (C=O) groups is 1. The molecule has 0 bridgehead atoms. The first-order chi connectivity index (χ1) is 16.6. The third kappa shape index (κ3) is 3.37. The van der Waals surface area contributed by atoms with Crippen LogP contribution in [0.3, 0.4) is 0 Å². The number of benzene rings is 2. The Morgan fingerprint density at radius 2 is 1.51 bits per heavy atom. The van der Waals surface area contributed by atoms with Crippen LogP contribution in [-0.4, -0.2) is 23.0 Å². The number of anilines is 1. The molecule has 180 valence electrons. The molecular weight excluding hydrogens is 473 g/mol. The summed E-state index contributed by atoms with van der Waals surface area (Å²) in [5.41, 5.74) is 1.47. The van der Waals surface area contributed by atoms with Crippen LogP contribution in [0, 0.1) is 42.9 Å². The molecule has 0 spiro atoms. The van der Waals surface area contributed by atoms with Gasteiger partial charge in [-0.05, 0) is 50.6 Å². The van der Waals surface area contributed by atoms with Gasteiger partial charge in [-0.15, -0.1) is 0 Å². The fraction of sp³-hybridized carbons (Fsp3) is 0.167. The van der Waals surface area contributed by atoms with Gasteiger partial charge in [0, 0.05) is 23.1 Å². The second-order valence-electron chi connectivity index (χ2n) is 7.98. The van der Waals surface area contributed by atoms with E-state index in [0.717, 1.165) is 17.1 Å². The number of hydrogen-bond donors (Lipinski definition) is 0. The smallest absolute Gasteiger partial charge is 0.280 e. The Labute approximate surface area is 195 Å². The molecule has 2 aliphatic rings. The fourth-order valence-corrected chi connectivity index (χ4v) is 4.13. The third-order valence-corrected chi connectivity index (χ3v) is 5.85. The van der Waals surface area contributed by atoms with Crippen LogP contribution in [0.15, 0.2) is 34.9 Å². The third-order valence-electron chi connectivity index (χ3n) is 5.85. The van der Waals surface area contributed by atoms with Crippen LogP contribution in [0.1, 0.15) is 23.9 Å². The van der Waals surface area contributed by atoms with E-state index in [1.807, 2.05) is 17.6 Å². The summed E-state index contributed by atoms with van der Waals surface area (Å²) in [6, 6.07) is 7.20. The maximum absolute atomic E-state index is 14.3.